The van der Waals surface area contributed by atoms with Gasteiger partial charge in [-0.05, 0) is 12.1 Å². The van der Waals surface area contributed by atoms with Gasteiger partial charge in [0.2, 0.25) is 5.76 Å². The van der Waals surface area contributed by atoms with Gasteiger partial charge in [-0.2, -0.15) is 0 Å². The van der Waals surface area contributed by atoms with Crippen LogP contribution in [0.4, 0.5) is 0 Å². The Balaban J connectivity index is 2.16. The van der Waals surface area contributed by atoms with E-state index in [0.717, 1.165) is 5.39 Å². The molecule has 5 nitrogen and oxygen atoms in total. The van der Waals surface area contributed by atoms with E-state index in [2.05, 4.69) is 4.98 Å². The second-order valence-electron chi connectivity index (χ2n) is 5.90. The molecule has 0 spiro atoms. The quantitative estimate of drug-likeness (QED) is 0.767. The minimum absolute atomic E-state index is 0.141. The number of oxazole rings is 1. The smallest absolute Gasteiger partial charge is 0.373 e. The third-order valence-corrected chi connectivity index (χ3v) is 3.17. The summed E-state index contributed by atoms with van der Waals surface area (Å²) in [6.07, 6.45) is 0. The van der Waals surface area contributed by atoms with Crippen LogP contribution in [0.3, 0.4) is 0 Å². The molecule has 3 aromatic rings. The van der Waals surface area contributed by atoms with Gasteiger partial charge < -0.3 is 13.9 Å². The minimum atomic E-state index is -1.13. The van der Waals surface area contributed by atoms with Crippen LogP contribution in [-0.2, 0) is 5.41 Å². The fourth-order valence-electron chi connectivity index (χ4n) is 2.17. The lowest BCUT2D eigenvalue weighted by atomic mass is 9.91. The van der Waals surface area contributed by atoms with Crippen molar-refractivity contribution in [1.82, 2.24) is 4.98 Å². The lowest BCUT2D eigenvalue weighted by molar-refractivity contribution is 0.0659. The van der Waals surface area contributed by atoms with Crippen molar-refractivity contribution in [2.24, 2.45) is 0 Å². The van der Waals surface area contributed by atoms with Gasteiger partial charge in [-0.15, -0.1) is 0 Å². The normalized spacial score (nSPS) is 12.0. The molecule has 1 N–H and O–H groups in total. The Morgan fingerprint density at radius 1 is 1.19 bits per heavy atom. The first kappa shape index (κ1) is 13.4. The first-order valence-electron chi connectivity index (χ1n) is 6.60. The number of carboxylic acid groups (broad SMARTS) is 1. The van der Waals surface area contributed by atoms with Crippen LogP contribution in [0.15, 0.2) is 39.2 Å². The van der Waals surface area contributed by atoms with Gasteiger partial charge in [0.05, 0.1) is 0 Å². The summed E-state index contributed by atoms with van der Waals surface area (Å²) in [5.74, 6) is -0.657. The maximum atomic E-state index is 11.3. The van der Waals surface area contributed by atoms with Crippen molar-refractivity contribution in [3.63, 3.8) is 0 Å². The van der Waals surface area contributed by atoms with E-state index in [1.807, 2.05) is 45.0 Å². The number of nitrogens with zero attached hydrogens (tertiary/aromatic N) is 1. The van der Waals surface area contributed by atoms with Crippen LogP contribution in [0.25, 0.3) is 22.6 Å². The molecule has 0 radical (unpaired) electrons. The maximum absolute atomic E-state index is 11.3. The molecule has 3 rings (SSSR count). The zero-order chi connectivity index (χ0) is 15.2. The van der Waals surface area contributed by atoms with E-state index < -0.39 is 11.4 Å². The lowest BCUT2D eigenvalue weighted by Crippen LogP contribution is -2.16. The summed E-state index contributed by atoms with van der Waals surface area (Å²) >= 11 is 0. The van der Waals surface area contributed by atoms with Crippen LogP contribution in [0, 0.1) is 0 Å². The molecule has 0 aliphatic carbocycles. The number of carboxylic acids is 1. The second-order valence-corrected chi connectivity index (χ2v) is 5.90. The molecule has 2 aromatic heterocycles. The maximum Gasteiger partial charge on any atom is 0.373 e. The number of para-hydroxylation sites is 1. The molecule has 0 fully saturated rings. The SMILES string of the molecule is CC(C)(C)c1nc(-c2cc3ccccc3o2)oc1C(=O)O. The average molecular weight is 285 g/mol. The number of hydrogen-bond donors (Lipinski definition) is 1. The Morgan fingerprint density at radius 2 is 1.90 bits per heavy atom. The first-order chi connectivity index (χ1) is 9.86. The highest BCUT2D eigenvalue weighted by Gasteiger charge is 2.30. The highest BCUT2D eigenvalue weighted by atomic mass is 16.4. The van der Waals surface area contributed by atoms with Gasteiger partial charge in [-0.25, -0.2) is 9.78 Å². The van der Waals surface area contributed by atoms with Crippen LogP contribution in [-0.4, -0.2) is 16.1 Å². The van der Waals surface area contributed by atoms with Gasteiger partial charge in [0.1, 0.15) is 11.3 Å². The van der Waals surface area contributed by atoms with Crippen LogP contribution in [0.2, 0.25) is 0 Å². The summed E-state index contributed by atoms with van der Waals surface area (Å²) in [4.78, 5) is 15.6. The molecular formula is C16H15NO4. The van der Waals surface area contributed by atoms with E-state index in [-0.39, 0.29) is 11.7 Å². The highest BCUT2D eigenvalue weighted by molar-refractivity contribution is 5.87. The van der Waals surface area contributed by atoms with E-state index >= 15 is 0 Å². The summed E-state index contributed by atoms with van der Waals surface area (Å²) in [6.45, 7) is 5.67. The van der Waals surface area contributed by atoms with Gasteiger partial charge in [-0.1, -0.05) is 39.0 Å². The van der Waals surface area contributed by atoms with Crippen LogP contribution in [0.5, 0.6) is 0 Å². The van der Waals surface area contributed by atoms with Crippen LogP contribution in [0.1, 0.15) is 37.0 Å². The number of furan rings is 1. The first-order valence-corrected chi connectivity index (χ1v) is 6.60. The van der Waals surface area contributed by atoms with Crippen molar-refractivity contribution >= 4 is 16.9 Å². The van der Waals surface area contributed by atoms with Gasteiger partial charge in [-0.3, -0.25) is 0 Å². The third kappa shape index (κ3) is 2.31. The lowest BCUT2D eigenvalue weighted by Gasteiger charge is -2.14. The molecule has 0 aliphatic heterocycles. The highest BCUT2D eigenvalue weighted by Crippen LogP contribution is 2.32. The number of aromatic carboxylic acids is 1. The zero-order valence-electron chi connectivity index (χ0n) is 12.0. The standard InChI is InChI=1S/C16H15NO4/c1-16(2,3)13-12(15(18)19)21-14(17-13)11-8-9-6-4-5-7-10(9)20-11/h4-8H,1-3H3,(H,18,19). The summed E-state index contributed by atoms with van der Waals surface area (Å²) in [6, 6.07) is 9.31. The number of carbonyl (C=O) groups is 1. The van der Waals surface area contributed by atoms with Crippen molar-refractivity contribution in [3.8, 4) is 11.7 Å². The molecule has 108 valence electrons. The number of aromatic nitrogens is 1. The predicted molar refractivity (Wildman–Crippen MR) is 77.4 cm³/mol. The second kappa shape index (κ2) is 4.48. The third-order valence-electron chi connectivity index (χ3n) is 3.17. The topological polar surface area (TPSA) is 76.5 Å². The molecule has 0 atom stereocenters. The van der Waals surface area contributed by atoms with Crippen LogP contribution >= 0.6 is 0 Å². The molecule has 2 heterocycles. The molecular weight excluding hydrogens is 270 g/mol. The molecule has 1 aromatic carbocycles. The zero-order valence-corrected chi connectivity index (χ0v) is 12.0. The molecule has 0 saturated heterocycles. The summed E-state index contributed by atoms with van der Waals surface area (Å²) in [7, 11) is 0. The Morgan fingerprint density at radius 3 is 2.48 bits per heavy atom. The van der Waals surface area contributed by atoms with Crippen LogP contribution < -0.4 is 0 Å². The number of fused-ring (bicyclic) bond motifs is 1. The van der Waals surface area contributed by atoms with Gasteiger partial charge in [0, 0.05) is 10.8 Å². The fourth-order valence-corrected chi connectivity index (χ4v) is 2.17. The van der Waals surface area contributed by atoms with E-state index in [0.29, 0.717) is 17.0 Å². The summed E-state index contributed by atoms with van der Waals surface area (Å²) < 4.78 is 11.1. The molecule has 5 heteroatoms. The van der Waals surface area contributed by atoms with E-state index in [1.54, 1.807) is 6.07 Å². The molecule has 0 saturated carbocycles. The van der Waals surface area contributed by atoms with Crippen molar-refractivity contribution in [2.75, 3.05) is 0 Å². The summed E-state index contributed by atoms with van der Waals surface area (Å²) in [5.41, 5.74) is 0.687. The van der Waals surface area contributed by atoms with Gasteiger partial charge in [0.15, 0.2) is 5.76 Å². The molecule has 0 amide bonds. The number of benzene rings is 1. The Kier molecular flexibility index (Phi) is 2.86. The minimum Gasteiger partial charge on any atom is -0.475 e. The largest absolute Gasteiger partial charge is 0.475 e. The average Bonchev–Trinajstić information content (AvgIpc) is 3.02. The molecule has 0 bridgehead atoms. The molecule has 21 heavy (non-hydrogen) atoms. The summed E-state index contributed by atoms with van der Waals surface area (Å²) in [5, 5.41) is 10.2. The Hall–Kier alpha value is -2.56. The van der Waals surface area contributed by atoms with Crippen molar-refractivity contribution < 1.29 is 18.7 Å². The van der Waals surface area contributed by atoms with Crippen molar-refractivity contribution in [1.29, 1.82) is 0 Å². The Labute approximate surface area is 121 Å². The number of hydrogen-bond acceptors (Lipinski definition) is 4. The van der Waals surface area contributed by atoms with Gasteiger partial charge in [0.25, 0.3) is 5.89 Å². The van der Waals surface area contributed by atoms with Gasteiger partial charge >= 0.3 is 5.97 Å². The molecule has 0 unspecified atom stereocenters. The number of rotatable bonds is 2. The van der Waals surface area contributed by atoms with Crippen molar-refractivity contribution in [2.45, 2.75) is 26.2 Å². The van der Waals surface area contributed by atoms with E-state index in [4.69, 9.17) is 8.83 Å². The Bertz CT molecular complexity index is 787. The molecule has 0 aliphatic rings. The monoisotopic (exact) mass is 285 g/mol. The fraction of sp³-hybridized carbons (Fsp3) is 0.250. The van der Waals surface area contributed by atoms with E-state index in [9.17, 15) is 9.90 Å². The van der Waals surface area contributed by atoms with Crippen molar-refractivity contribution in [3.05, 3.63) is 41.8 Å². The predicted octanol–water partition coefficient (Wildman–Crippen LogP) is 4.08. The van der Waals surface area contributed by atoms with E-state index in [1.165, 1.54) is 0 Å².